The number of anilines is 1. The molecule has 1 heterocycles. The molecule has 0 bridgehead atoms. The summed E-state index contributed by atoms with van der Waals surface area (Å²) in [6.45, 7) is 6.84. The van der Waals surface area contributed by atoms with Crippen molar-refractivity contribution < 1.29 is 27.5 Å². The molecule has 1 amide bonds. The maximum atomic E-state index is 12.2. The van der Waals surface area contributed by atoms with Crippen LogP contribution in [-0.4, -0.2) is 42.9 Å². The first-order chi connectivity index (χ1) is 12.0. The van der Waals surface area contributed by atoms with Crippen molar-refractivity contribution in [2.75, 3.05) is 11.3 Å². The monoisotopic (exact) mass is 405 g/mol. The Hall–Kier alpha value is -1.88. The SMILES string of the molecule is CCOC(=O)C(NC(=O)OC(C)(C)C)c1csc(NS(=O)(=O)C2CC2)n1. The molecule has 26 heavy (non-hydrogen) atoms. The lowest BCUT2D eigenvalue weighted by atomic mass is 10.2. The number of carbonyl (C=O) groups excluding carboxylic acids is 2. The highest BCUT2D eigenvalue weighted by molar-refractivity contribution is 7.93. The lowest BCUT2D eigenvalue weighted by Crippen LogP contribution is -2.39. The highest BCUT2D eigenvalue weighted by Gasteiger charge is 2.36. The van der Waals surface area contributed by atoms with Gasteiger partial charge in [0.15, 0.2) is 11.2 Å². The van der Waals surface area contributed by atoms with Gasteiger partial charge in [-0.2, -0.15) is 0 Å². The van der Waals surface area contributed by atoms with Gasteiger partial charge in [0.2, 0.25) is 10.0 Å². The summed E-state index contributed by atoms with van der Waals surface area (Å²) >= 11 is 1.02. The lowest BCUT2D eigenvalue weighted by Gasteiger charge is -2.22. The van der Waals surface area contributed by atoms with E-state index in [1.54, 1.807) is 27.7 Å². The Balaban J connectivity index is 2.14. The van der Waals surface area contributed by atoms with Crippen molar-refractivity contribution in [1.82, 2.24) is 10.3 Å². The molecule has 0 saturated heterocycles. The van der Waals surface area contributed by atoms with E-state index in [-0.39, 0.29) is 17.4 Å². The summed E-state index contributed by atoms with van der Waals surface area (Å²) in [5, 5.41) is 3.65. The third-order valence-electron chi connectivity index (χ3n) is 3.19. The van der Waals surface area contributed by atoms with E-state index in [2.05, 4.69) is 15.0 Å². The predicted molar refractivity (Wildman–Crippen MR) is 96.4 cm³/mol. The summed E-state index contributed by atoms with van der Waals surface area (Å²) in [5.41, 5.74) is -0.566. The van der Waals surface area contributed by atoms with Gasteiger partial charge in [-0.25, -0.2) is 23.0 Å². The van der Waals surface area contributed by atoms with E-state index in [0.717, 1.165) is 11.3 Å². The maximum absolute atomic E-state index is 12.2. The van der Waals surface area contributed by atoms with Gasteiger partial charge in [0.25, 0.3) is 0 Å². The fourth-order valence-corrected chi connectivity index (χ4v) is 4.29. The number of rotatable bonds is 7. The number of alkyl carbamates (subject to hydrolysis) is 1. The minimum atomic E-state index is -3.46. The molecule has 1 aromatic heterocycles. The average molecular weight is 405 g/mol. The smallest absolute Gasteiger partial charge is 0.408 e. The van der Waals surface area contributed by atoms with E-state index in [9.17, 15) is 18.0 Å². The standard InChI is InChI=1S/C15H23N3O6S2/c1-5-23-12(19)11(17-14(20)24-15(2,3)4)10-8-25-13(16-10)18-26(21,22)9-6-7-9/h8-9,11H,5-7H2,1-4H3,(H,16,18)(H,17,20). The zero-order chi connectivity index (χ0) is 19.5. The summed E-state index contributed by atoms with van der Waals surface area (Å²) in [6, 6.07) is -1.19. The molecule has 1 fully saturated rings. The molecular weight excluding hydrogens is 382 g/mol. The zero-order valence-electron chi connectivity index (χ0n) is 15.1. The number of carbonyl (C=O) groups is 2. The number of nitrogens with one attached hydrogen (secondary N) is 2. The molecule has 146 valence electrons. The van der Waals surface area contributed by atoms with E-state index in [1.807, 2.05) is 0 Å². The van der Waals surface area contributed by atoms with Crippen molar-refractivity contribution in [1.29, 1.82) is 0 Å². The maximum Gasteiger partial charge on any atom is 0.408 e. The fraction of sp³-hybridized carbons (Fsp3) is 0.667. The number of nitrogens with zero attached hydrogens (tertiary/aromatic N) is 1. The first-order valence-electron chi connectivity index (χ1n) is 8.15. The van der Waals surface area contributed by atoms with Gasteiger partial charge in [-0.15, -0.1) is 11.3 Å². The van der Waals surface area contributed by atoms with Crippen molar-refractivity contribution in [2.45, 2.75) is 57.4 Å². The topological polar surface area (TPSA) is 124 Å². The van der Waals surface area contributed by atoms with Gasteiger partial charge in [-0.1, -0.05) is 0 Å². The van der Waals surface area contributed by atoms with Crippen LogP contribution in [0.4, 0.5) is 9.93 Å². The van der Waals surface area contributed by atoms with Gasteiger partial charge < -0.3 is 14.8 Å². The number of aromatic nitrogens is 1. The van der Waals surface area contributed by atoms with Crippen LogP contribution in [0.5, 0.6) is 0 Å². The largest absolute Gasteiger partial charge is 0.464 e. The minimum Gasteiger partial charge on any atom is -0.464 e. The molecule has 9 nitrogen and oxygen atoms in total. The number of hydrogen-bond acceptors (Lipinski definition) is 8. The number of sulfonamides is 1. The summed E-state index contributed by atoms with van der Waals surface area (Å²) < 4.78 is 36.5. The van der Waals surface area contributed by atoms with Crippen LogP contribution in [0, 0.1) is 0 Å². The van der Waals surface area contributed by atoms with Crippen LogP contribution < -0.4 is 10.0 Å². The van der Waals surface area contributed by atoms with Crippen molar-refractivity contribution in [3.63, 3.8) is 0 Å². The highest BCUT2D eigenvalue weighted by atomic mass is 32.2. The number of esters is 1. The van der Waals surface area contributed by atoms with Crippen molar-refractivity contribution in [2.24, 2.45) is 0 Å². The van der Waals surface area contributed by atoms with Crippen LogP contribution in [0.1, 0.15) is 52.3 Å². The summed E-state index contributed by atoms with van der Waals surface area (Å²) in [7, 11) is -3.46. The normalized spacial score (nSPS) is 15.8. The summed E-state index contributed by atoms with van der Waals surface area (Å²) in [5.74, 6) is -0.708. The minimum absolute atomic E-state index is 0.122. The van der Waals surface area contributed by atoms with Gasteiger partial charge >= 0.3 is 12.1 Å². The molecule has 1 atom stereocenters. The van der Waals surface area contributed by atoms with Crippen LogP contribution >= 0.6 is 11.3 Å². The molecule has 2 rings (SSSR count). The van der Waals surface area contributed by atoms with Crippen LogP contribution in [-0.2, 0) is 24.3 Å². The predicted octanol–water partition coefficient (Wildman–Crippen LogP) is 2.18. The Labute approximate surface area is 156 Å². The molecule has 0 aromatic carbocycles. The van der Waals surface area contributed by atoms with E-state index < -0.39 is 39.0 Å². The molecule has 0 aliphatic heterocycles. The van der Waals surface area contributed by atoms with Crippen molar-refractivity contribution in [3.05, 3.63) is 11.1 Å². The number of thiazole rings is 1. The fourth-order valence-electron chi connectivity index (χ4n) is 1.95. The molecular formula is C15H23N3O6S2. The second kappa shape index (κ2) is 7.78. The molecule has 1 aliphatic carbocycles. The Bertz CT molecular complexity index is 765. The van der Waals surface area contributed by atoms with E-state index >= 15 is 0 Å². The molecule has 1 aliphatic rings. The molecule has 2 N–H and O–H groups in total. The van der Waals surface area contributed by atoms with Gasteiger partial charge in [0, 0.05) is 5.38 Å². The Morgan fingerprint density at radius 3 is 2.58 bits per heavy atom. The molecule has 1 aromatic rings. The van der Waals surface area contributed by atoms with E-state index in [0.29, 0.717) is 12.8 Å². The summed E-state index contributed by atoms with van der Waals surface area (Å²) in [6.07, 6.45) is 0.446. The zero-order valence-corrected chi connectivity index (χ0v) is 16.7. The second-order valence-electron chi connectivity index (χ2n) is 6.76. The van der Waals surface area contributed by atoms with Crippen LogP contribution in [0.3, 0.4) is 0 Å². The second-order valence-corrected chi connectivity index (χ2v) is 9.57. The Morgan fingerprint density at radius 2 is 2.04 bits per heavy atom. The van der Waals surface area contributed by atoms with Crippen LogP contribution in [0.15, 0.2) is 5.38 Å². The summed E-state index contributed by atoms with van der Waals surface area (Å²) in [4.78, 5) is 28.3. The van der Waals surface area contributed by atoms with Crippen molar-refractivity contribution in [3.8, 4) is 0 Å². The van der Waals surface area contributed by atoms with Crippen LogP contribution in [0.25, 0.3) is 0 Å². The van der Waals surface area contributed by atoms with Gasteiger partial charge in [-0.05, 0) is 40.5 Å². The third kappa shape index (κ3) is 5.84. The number of hydrogen-bond donors (Lipinski definition) is 2. The first kappa shape index (κ1) is 20.4. The molecule has 0 spiro atoms. The molecule has 1 unspecified atom stereocenters. The van der Waals surface area contributed by atoms with E-state index in [1.165, 1.54) is 5.38 Å². The molecule has 1 saturated carbocycles. The lowest BCUT2D eigenvalue weighted by molar-refractivity contribution is -0.145. The van der Waals surface area contributed by atoms with E-state index in [4.69, 9.17) is 9.47 Å². The third-order valence-corrected chi connectivity index (χ3v) is 5.93. The first-order valence-corrected chi connectivity index (χ1v) is 10.6. The number of ether oxygens (including phenoxy) is 2. The number of amides is 1. The molecule has 11 heteroatoms. The average Bonchev–Trinajstić information content (AvgIpc) is 3.25. The van der Waals surface area contributed by atoms with Gasteiger partial charge in [0.1, 0.15) is 5.60 Å². The van der Waals surface area contributed by atoms with Gasteiger partial charge in [-0.3, -0.25) is 4.72 Å². The van der Waals surface area contributed by atoms with Gasteiger partial charge in [0.05, 0.1) is 17.6 Å². The van der Waals surface area contributed by atoms with Crippen LogP contribution in [0.2, 0.25) is 0 Å². The quantitative estimate of drug-likeness (QED) is 0.666. The molecule has 0 radical (unpaired) electrons. The van der Waals surface area contributed by atoms with Crippen molar-refractivity contribution >= 4 is 38.6 Å². The highest BCUT2D eigenvalue weighted by Crippen LogP contribution is 2.31. The Morgan fingerprint density at radius 1 is 1.38 bits per heavy atom. The Kier molecular flexibility index (Phi) is 6.12.